The van der Waals surface area contributed by atoms with E-state index in [4.69, 9.17) is 0 Å². The van der Waals surface area contributed by atoms with Gasteiger partial charge in [0, 0.05) is 11.1 Å². The van der Waals surface area contributed by atoms with Crippen molar-refractivity contribution in [1.29, 1.82) is 0 Å². The minimum Gasteiger partial charge on any atom is -0.340 e. The molecule has 2 heterocycles. The quantitative estimate of drug-likeness (QED) is 0.353. The van der Waals surface area contributed by atoms with E-state index in [2.05, 4.69) is 20.6 Å². The summed E-state index contributed by atoms with van der Waals surface area (Å²) in [5.74, 6) is 0.173. The summed E-state index contributed by atoms with van der Waals surface area (Å²) in [6.07, 6.45) is -4.51. The largest absolute Gasteiger partial charge is 0.416 e. The zero-order valence-electron chi connectivity index (χ0n) is 18.5. The molecule has 0 saturated heterocycles. The van der Waals surface area contributed by atoms with E-state index in [9.17, 15) is 21.6 Å². The minimum atomic E-state index is -4.51. The molecular weight excluding hydrogens is 479 g/mol. The second kappa shape index (κ2) is 8.05. The van der Waals surface area contributed by atoms with Crippen molar-refractivity contribution < 1.29 is 21.6 Å². The van der Waals surface area contributed by atoms with Gasteiger partial charge in [0.15, 0.2) is 5.65 Å². The van der Waals surface area contributed by atoms with Gasteiger partial charge in [-0.05, 0) is 61.4 Å². The Hall–Kier alpha value is -3.99. The van der Waals surface area contributed by atoms with Crippen LogP contribution in [0.15, 0.2) is 76.7 Å². The molecule has 1 N–H and O–H groups in total. The molecule has 0 amide bonds. The van der Waals surface area contributed by atoms with Gasteiger partial charge in [0.25, 0.3) is 0 Å². The zero-order chi connectivity index (χ0) is 25.0. The van der Waals surface area contributed by atoms with Crippen LogP contribution in [-0.2, 0) is 16.0 Å². The number of hydrogen-bond donors (Lipinski definition) is 1. The highest BCUT2D eigenvalue weighted by Crippen LogP contribution is 2.33. The summed E-state index contributed by atoms with van der Waals surface area (Å²) in [6, 6.07) is 16.6. The summed E-state index contributed by atoms with van der Waals surface area (Å²) in [7, 11) is -4.09. The number of anilines is 2. The molecule has 178 valence electrons. The van der Waals surface area contributed by atoms with Crippen molar-refractivity contribution in [2.24, 2.45) is 0 Å². The normalized spacial score (nSPS) is 12.4. The number of fused-ring (bicyclic) bond motifs is 3. The predicted octanol–water partition coefficient (Wildman–Crippen LogP) is 5.49. The van der Waals surface area contributed by atoms with Gasteiger partial charge in [0.2, 0.25) is 14.9 Å². The maximum atomic E-state index is 13.5. The van der Waals surface area contributed by atoms with Crippen molar-refractivity contribution in [3.63, 3.8) is 0 Å². The Balaban J connectivity index is 1.72. The molecule has 0 aliphatic rings. The van der Waals surface area contributed by atoms with Crippen molar-refractivity contribution in [2.45, 2.75) is 29.9 Å². The number of aromatic nitrogens is 4. The second-order valence-electron chi connectivity index (χ2n) is 8.08. The van der Waals surface area contributed by atoms with Crippen LogP contribution in [0, 0.1) is 13.8 Å². The molecule has 0 unspecified atom stereocenters. The maximum Gasteiger partial charge on any atom is 0.416 e. The zero-order valence-corrected chi connectivity index (χ0v) is 19.3. The van der Waals surface area contributed by atoms with Crippen molar-refractivity contribution >= 4 is 37.9 Å². The van der Waals surface area contributed by atoms with E-state index < -0.39 is 21.6 Å². The Morgan fingerprint density at radius 3 is 2.49 bits per heavy atom. The Labute approximate surface area is 198 Å². The van der Waals surface area contributed by atoms with E-state index in [0.717, 1.165) is 17.7 Å². The number of halogens is 3. The SMILES string of the molecule is Cc1ccc(C)c(S(=O)(=O)c2nnn3c2nc(Nc2cccc(C(F)(F)F)c2)c2ccccc23)c1. The fourth-order valence-electron chi connectivity index (χ4n) is 3.83. The second-order valence-corrected chi connectivity index (χ2v) is 9.92. The van der Waals surface area contributed by atoms with Crippen LogP contribution in [0.1, 0.15) is 16.7 Å². The lowest BCUT2D eigenvalue weighted by Crippen LogP contribution is -2.08. The van der Waals surface area contributed by atoms with Gasteiger partial charge in [-0.3, -0.25) is 0 Å². The average molecular weight is 498 g/mol. The molecule has 5 rings (SSSR count). The van der Waals surface area contributed by atoms with Gasteiger partial charge in [0.1, 0.15) is 5.82 Å². The fraction of sp³-hybridized carbons (Fsp3) is 0.125. The standard InChI is InChI=1S/C24H18F3N5O2S/c1-14-10-11-15(2)20(12-14)35(33,34)23-22-29-21(18-8-3-4-9-19(18)32(22)31-30-23)28-17-7-5-6-16(13-17)24(25,26)27/h3-13H,1-2H3,(H,28,29). The van der Waals surface area contributed by atoms with Gasteiger partial charge in [-0.2, -0.15) is 17.7 Å². The molecule has 35 heavy (non-hydrogen) atoms. The molecule has 7 nitrogen and oxygen atoms in total. The number of benzene rings is 3. The first-order valence-corrected chi connectivity index (χ1v) is 11.9. The van der Waals surface area contributed by atoms with Crippen LogP contribution < -0.4 is 5.32 Å². The van der Waals surface area contributed by atoms with Gasteiger partial charge in [-0.15, -0.1) is 5.10 Å². The molecule has 0 spiro atoms. The van der Waals surface area contributed by atoms with Gasteiger partial charge in [-0.25, -0.2) is 13.4 Å². The molecule has 2 aromatic heterocycles. The molecule has 0 fully saturated rings. The van der Waals surface area contributed by atoms with Crippen molar-refractivity contribution in [1.82, 2.24) is 19.8 Å². The van der Waals surface area contributed by atoms with Crippen molar-refractivity contribution in [2.75, 3.05) is 5.32 Å². The number of rotatable bonds is 4. The molecule has 0 radical (unpaired) electrons. The third-order valence-corrected chi connectivity index (χ3v) is 7.35. The van der Waals surface area contributed by atoms with Crippen molar-refractivity contribution in [3.8, 4) is 0 Å². The van der Waals surface area contributed by atoms with Gasteiger partial charge < -0.3 is 5.32 Å². The van der Waals surface area contributed by atoms with E-state index in [1.165, 1.54) is 16.6 Å². The molecule has 0 bridgehead atoms. The highest BCUT2D eigenvalue weighted by atomic mass is 32.2. The first kappa shape index (κ1) is 22.8. The summed E-state index contributed by atoms with van der Waals surface area (Å²) in [5, 5.41) is 11.1. The van der Waals surface area contributed by atoms with E-state index in [1.54, 1.807) is 56.3 Å². The third kappa shape index (κ3) is 3.97. The van der Waals surface area contributed by atoms with Crippen LogP contribution in [0.5, 0.6) is 0 Å². The number of para-hydroxylation sites is 1. The summed E-state index contributed by atoms with van der Waals surface area (Å²) >= 11 is 0. The van der Waals surface area contributed by atoms with E-state index >= 15 is 0 Å². The molecule has 11 heteroatoms. The molecule has 0 saturated carbocycles. The molecular formula is C24H18F3N5O2S. The molecule has 0 atom stereocenters. The Bertz CT molecular complexity index is 1710. The first-order chi connectivity index (χ1) is 16.6. The Morgan fingerprint density at radius 2 is 1.71 bits per heavy atom. The average Bonchev–Trinajstić information content (AvgIpc) is 3.25. The third-order valence-electron chi connectivity index (χ3n) is 5.56. The minimum absolute atomic E-state index is 0.0425. The first-order valence-electron chi connectivity index (χ1n) is 10.5. The Kier molecular flexibility index (Phi) is 5.24. The van der Waals surface area contributed by atoms with Gasteiger partial charge >= 0.3 is 6.18 Å². The number of aryl methyl sites for hydroxylation is 2. The van der Waals surface area contributed by atoms with Crippen LogP contribution in [0.3, 0.4) is 0 Å². The molecule has 0 aliphatic heterocycles. The summed E-state index contributed by atoms with van der Waals surface area (Å²) < 4.78 is 68.0. The van der Waals surface area contributed by atoms with Crippen LogP contribution in [0.4, 0.5) is 24.7 Å². The highest BCUT2D eigenvalue weighted by Gasteiger charge is 2.31. The van der Waals surface area contributed by atoms with Crippen molar-refractivity contribution in [3.05, 3.63) is 83.4 Å². The molecule has 5 aromatic rings. The molecule has 0 aliphatic carbocycles. The number of sulfone groups is 1. The van der Waals surface area contributed by atoms with Crippen LogP contribution in [-0.4, -0.2) is 28.2 Å². The summed E-state index contributed by atoms with van der Waals surface area (Å²) in [4.78, 5) is 4.55. The molecule has 3 aromatic carbocycles. The predicted molar refractivity (Wildman–Crippen MR) is 124 cm³/mol. The lowest BCUT2D eigenvalue weighted by Gasteiger charge is -2.13. The summed E-state index contributed by atoms with van der Waals surface area (Å²) in [5.41, 5.74) is 1.07. The van der Waals surface area contributed by atoms with E-state index in [0.29, 0.717) is 16.5 Å². The summed E-state index contributed by atoms with van der Waals surface area (Å²) in [6.45, 7) is 3.46. The van der Waals surface area contributed by atoms with Gasteiger partial charge in [-0.1, -0.05) is 35.5 Å². The maximum absolute atomic E-state index is 13.5. The van der Waals surface area contributed by atoms with E-state index in [-0.39, 0.29) is 27.1 Å². The highest BCUT2D eigenvalue weighted by molar-refractivity contribution is 7.91. The Morgan fingerprint density at radius 1 is 0.943 bits per heavy atom. The lowest BCUT2D eigenvalue weighted by atomic mass is 10.2. The number of hydrogen-bond acceptors (Lipinski definition) is 6. The number of nitrogens with one attached hydrogen (secondary N) is 1. The van der Waals surface area contributed by atoms with Crippen LogP contribution in [0.2, 0.25) is 0 Å². The smallest absolute Gasteiger partial charge is 0.340 e. The van der Waals surface area contributed by atoms with Crippen LogP contribution >= 0.6 is 0 Å². The number of alkyl halides is 3. The van der Waals surface area contributed by atoms with E-state index in [1.807, 2.05) is 0 Å². The monoisotopic (exact) mass is 497 g/mol. The van der Waals surface area contributed by atoms with Crippen LogP contribution in [0.25, 0.3) is 16.6 Å². The number of nitrogens with zero attached hydrogens (tertiary/aromatic N) is 4. The lowest BCUT2D eigenvalue weighted by molar-refractivity contribution is -0.137. The van der Waals surface area contributed by atoms with Gasteiger partial charge in [0.05, 0.1) is 16.0 Å². The topological polar surface area (TPSA) is 89.2 Å². The fourth-order valence-corrected chi connectivity index (χ4v) is 5.38.